The van der Waals surface area contributed by atoms with Gasteiger partial charge in [-0.3, -0.25) is 4.79 Å². The average Bonchev–Trinajstić information content (AvgIpc) is 2.96. The molecule has 1 saturated heterocycles. The standard InChI is InChI=1S/C15H19N5O3/c1-20-8-16-7-11(20)14(21)17-6-10-4-5-22-12(10)15-18-13(19-23-15)9-2-3-9/h7-10,12H,2-6H2,1H3,(H,17,21)/t10-,12-/m0/s1. The number of imidazole rings is 1. The van der Waals surface area contributed by atoms with Crippen LogP contribution < -0.4 is 5.32 Å². The SMILES string of the molecule is Cn1cncc1C(=O)NC[C@@H]1CCO[C@@H]1c1nc(C2CC2)no1. The van der Waals surface area contributed by atoms with E-state index in [1.165, 1.54) is 0 Å². The van der Waals surface area contributed by atoms with E-state index in [1.54, 1.807) is 24.1 Å². The summed E-state index contributed by atoms with van der Waals surface area (Å²) < 4.78 is 12.8. The number of aryl methyl sites for hydroxylation is 1. The molecule has 0 aromatic carbocycles. The molecule has 0 spiro atoms. The van der Waals surface area contributed by atoms with E-state index >= 15 is 0 Å². The number of carbonyl (C=O) groups is 1. The van der Waals surface area contributed by atoms with Crippen molar-refractivity contribution in [2.24, 2.45) is 13.0 Å². The molecule has 2 atom stereocenters. The molecule has 0 radical (unpaired) electrons. The highest BCUT2D eigenvalue weighted by Gasteiger charge is 2.36. The summed E-state index contributed by atoms with van der Waals surface area (Å²) in [5, 5.41) is 6.98. The predicted octanol–water partition coefficient (Wildman–Crippen LogP) is 1.19. The summed E-state index contributed by atoms with van der Waals surface area (Å²) in [7, 11) is 1.79. The summed E-state index contributed by atoms with van der Waals surface area (Å²) in [6, 6.07) is 0. The summed E-state index contributed by atoms with van der Waals surface area (Å²) >= 11 is 0. The van der Waals surface area contributed by atoms with Crippen molar-refractivity contribution in [2.45, 2.75) is 31.3 Å². The molecule has 0 bridgehead atoms. The first-order chi connectivity index (χ1) is 11.2. The van der Waals surface area contributed by atoms with E-state index in [1.807, 2.05) is 0 Å². The first kappa shape index (κ1) is 14.4. The van der Waals surface area contributed by atoms with Crippen LogP contribution in [0.25, 0.3) is 0 Å². The van der Waals surface area contributed by atoms with Gasteiger partial charge in [-0.1, -0.05) is 5.16 Å². The molecule has 2 aromatic rings. The molecule has 0 unspecified atom stereocenters. The number of aromatic nitrogens is 4. The molecule has 1 aliphatic carbocycles. The van der Waals surface area contributed by atoms with E-state index in [9.17, 15) is 4.79 Å². The Kier molecular flexibility index (Phi) is 3.60. The largest absolute Gasteiger partial charge is 0.368 e. The number of nitrogens with one attached hydrogen (secondary N) is 1. The number of ether oxygens (including phenoxy) is 1. The molecule has 8 nitrogen and oxygen atoms in total. The molecule has 4 rings (SSSR count). The number of rotatable bonds is 5. The second-order valence-corrected chi connectivity index (χ2v) is 6.21. The molecule has 122 valence electrons. The lowest BCUT2D eigenvalue weighted by atomic mass is 10.0. The Hall–Kier alpha value is -2.22. The van der Waals surface area contributed by atoms with Crippen LogP contribution in [0, 0.1) is 5.92 Å². The number of amides is 1. The van der Waals surface area contributed by atoms with E-state index in [0.717, 1.165) is 25.1 Å². The van der Waals surface area contributed by atoms with Crippen molar-refractivity contribution in [3.05, 3.63) is 29.9 Å². The Morgan fingerprint density at radius 3 is 3.04 bits per heavy atom. The van der Waals surface area contributed by atoms with Gasteiger partial charge in [-0.2, -0.15) is 4.98 Å². The predicted molar refractivity (Wildman–Crippen MR) is 78.6 cm³/mol. The number of hydrogen-bond donors (Lipinski definition) is 1. The zero-order valence-corrected chi connectivity index (χ0v) is 12.9. The van der Waals surface area contributed by atoms with Crippen LogP contribution in [0.3, 0.4) is 0 Å². The third kappa shape index (κ3) is 2.86. The van der Waals surface area contributed by atoms with Crippen LogP contribution in [-0.4, -0.2) is 38.8 Å². The molecule has 3 heterocycles. The fourth-order valence-corrected chi connectivity index (χ4v) is 2.88. The van der Waals surface area contributed by atoms with Crippen molar-refractivity contribution < 1.29 is 14.1 Å². The molecular weight excluding hydrogens is 298 g/mol. The summed E-state index contributed by atoms with van der Waals surface area (Å²) in [5.41, 5.74) is 0.536. The highest BCUT2D eigenvalue weighted by Crippen LogP contribution is 2.40. The van der Waals surface area contributed by atoms with Crippen LogP contribution in [0.1, 0.15) is 53.5 Å². The molecule has 1 amide bonds. The topological polar surface area (TPSA) is 95.1 Å². The summed E-state index contributed by atoms with van der Waals surface area (Å²) in [5.74, 6) is 1.77. The highest BCUT2D eigenvalue weighted by atomic mass is 16.5. The van der Waals surface area contributed by atoms with Gasteiger partial charge < -0.3 is 19.1 Å². The van der Waals surface area contributed by atoms with Gasteiger partial charge in [0.1, 0.15) is 11.8 Å². The summed E-state index contributed by atoms with van der Waals surface area (Å²) in [6.07, 6.45) is 6.05. The lowest BCUT2D eigenvalue weighted by molar-refractivity contribution is 0.0612. The zero-order chi connectivity index (χ0) is 15.8. The third-order valence-corrected chi connectivity index (χ3v) is 4.43. The lowest BCUT2D eigenvalue weighted by Gasteiger charge is -2.15. The molecule has 8 heteroatoms. The van der Waals surface area contributed by atoms with E-state index in [-0.39, 0.29) is 17.9 Å². The normalized spacial score (nSPS) is 24.0. The molecule has 23 heavy (non-hydrogen) atoms. The quantitative estimate of drug-likeness (QED) is 0.890. The minimum Gasteiger partial charge on any atom is -0.368 e. The van der Waals surface area contributed by atoms with Gasteiger partial charge in [-0.05, 0) is 19.3 Å². The summed E-state index contributed by atoms with van der Waals surface area (Å²) in [6.45, 7) is 1.15. The van der Waals surface area contributed by atoms with E-state index in [2.05, 4.69) is 20.4 Å². The number of carbonyl (C=O) groups excluding carboxylic acids is 1. The van der Waals surface area contributed by atoms with E-state index in [0.29, 0.717) is 30.7 Å². The smallest absolute Gasteiger partial charge is 0.269 e. The molecule has 1 saturated carbocycles. The average molecular weight is 317 g/mol. The molecule has 2 aromatic heterocycles. The van der Waals surface area contributed by atoms with Gasteiger partial charge in [0.15, 0.2) is 5.82 Å². The van der Waals surface area contributed by atoms with Crippen LogP contribution in [-0.2, 0) is 11.8 Å². The maximum atomic E-state index is 12.2. The molecular formula is C15H19N5O3. The maximum absolute atomic E-state index is 12.2. The zero-order valence-electron chi connectivity index (χ0n) is 12.9. The Morgan fingerprint density at radius 1 is 1.43 bits per heavy atom. The van der Waals surface area contributed by atoms with Crippen molar-refractivity contribution in [3.8, 4) is 0 Å². The second-order valence-electron chi connectivity index (χ2n) is 6.21. The van der Waals surface area contributed by atoms with E-state index < -0.39 is 0 Å². The van der Waals surface area contributed by atoms with Crippen molar-refractivity contribution >= 4 is 5.91 Å². The minimum atomic E-state index is -0.234. The lowest BCUT2D eigenvalue weighted by Crippen LogP contribution is -2.31. The fourth-order valence-electron chi connectivity index (χ4n) is 2.88. The van der Waals surface area contributed by atoms with E-state index in [4.69, 9.17) is 9.26 Å². The van der Waals surface area contributed by atoms with Crippen LogP contribution in [0.4, 0.5) is 0 Å². The van der Waals surface area contributed by atoms with Gasteiger partial charge >= 0.3 is 0 Å². The molecule has 2 fully saturated rings. The van der Waals surface area contributed by atoms with Crippen LogP contribution in [0.5, 0.6) is 0 Å². The molecule has 1 aliphatic heterocycles. The Balaban J connectivity index is 1.39. The number of hydrogen-bond acceptors (Lipinski definition) is 6. The maximum Gasteiger partial charge on any atom is 0.269 e. The highest BCUT2D eigenvalue weighted by molar-refractivity contribution is 5.92. The third-order valence-electron chi connectivity index (χ3n) is 4.43. The molecule has 2 aliphatic rings. The van der Waals surface area contributed by atoms with Gasteiger partial charge in [0.05, 0.1) is 12.5 Å². The van der Waals surface area contributed by atoms with Crippen molar-refractivity contribution in [1.82, 2.24) is 25.0 Å². The van der Waals surface area contributed by atoms with Crippen molar-refractivity contribution in [1.29, 1.82) is 0 Å². The Morgan fingerprint density at radius 2 is 2.30 bits per heavy atom. The first-order valence-corrected chi connectivity index (χ1v) is 7.92. The Labute approximate surface area is 133 Å². The van der Waals surface area contributed by atoms with Gasteiger partial charge in [0.2, 0.25) is 0 Å². The first-order valence-electron chi connectivity index (χ1n) is 7.92. The minimum absolute atomic E-state index is 0.139. The monoisotopic (exact) mass is 317 g/mol. The van der Waals surface area contributed by atoms with Gasteiger partial charge in [0, 0.05) is 32.0 Å². The Bertz CT molecular complexity index is 706. The van der Waals surface area contributed by atoms with Crippen molar-refractivity contribution in [3.63, 3.8) is 0 Å². The second kappa shape index (κ2) is 5.77. The van der Waals surface area contributed by atoms with Crippen LogP contribution in [0.2, 0.25) is 0 Å². The van der Waals surface area contributed by atoms with Crippen LogP contribution >= 0.6 is 0 Å². The van der Waals surface area contributed by atoms with Crippen molar-refractivity contribution in [2.75, 3.05) is 13.2 Å². The fraction of sp³-hybridized carbons (Fsp3) is 0.600. The molecule has 1 N–H and O–H groups in total. The van der Waals surface area contributed by atoms with Gasteiger partial charge in [-0.25, -0.2) is 4.98 Å². The summed E-state index contributed by atoms with van der Waals surface area (Å²) in [4.78, 5) is 20.6. The number of nitrogens with zero attached hydrogens (tertiary/aromatic N) is 4. The van der Waals surface area contributed by atoms with Gasteiger partial charge in [0.25, 0.3) is 11.8 Å². The van der Waals surface area contributed by atoms with Crippen LogP contribution in [0.15, 0.2) is 17.0 Å². The van der Waals surface area contributed by atoms with Gasteiger partial charge in [-0.15, -0.1) is 0 Å².